The average molecular weight is 326 g/mol. The molecule has 0 saturated heterocycles. The lowest BCUT2D eigenvalue weighted by molar-refractivity contribution is 0.0793. The SMILES string of the molecule is CCCCN(C)C(=O)c1cncc(N(C)CCc2ccncc2)c1. The number of carbonyl (C=O) groups excluding carboxylic acids is 1. The van der Waals surface area contributed by atoms with Crippen molar-refractivity contribution in [1.82, 2.24) is 14.9 Å². The summed E-state index contributed by atoms with van der Waals surface area (Å²) in [6.45, 7) is 3.75. The van der Waals surface area contributed by atoms with Gasteiger partial charge >= 0.3 is 0 Å². The van der Waals surface area contributed by atoms with Crippen LogP contribution in [0.25, 0.3) is 0 Å². The lowest BCUT2D eigenvalue weighted by Gasteiger charge is -2.21. The van der Waals surface area contributed by atoms with Gasteiger partial charge in [0.2, 0.25) is 0 Å². The average Bonchev–Trinajstić information content (AvgIpc) is 2.64. The molecule has 128 valence electrons. The molecule has 2 aromatic rings. The van der Waals surface area contributed by atoms with Gasteiger partial charge in [-0.3, -0.25) is 14.8 Å². The lowest BCUT2D eigenvalue weighted by Crippen LogP contribution is -2.28. The van der Waals surface area contributed by atoms with Crippen molar-refractivity contribution in [1.29, 1.82) is 0 Å². The fraction of sp³-hybridized carbons (Fsp3) is 0.421. The standard InChI is InChI=1S/C19H26N4O/c1-4-5-11-23(3)19(24)17-13-18(15-21-14-17)22(2)12-8-16-6-9-20-10-7-16/h6-7,9-10,13-15H,4-5,8,11-12H2,1-3H3. The number of amides is 1. The highest BCUT2D eigenvalue weighted by Gasteiger charge is 2.13. The number of rotatable bonds is 8. The van der Waals surface area contributed by atoms with Crippen molar-refractivity contribution in [2.75, 3.05) is 32.1 Å². The van der Waals surface area contributed by atoms with Crippen molar-refractivity contribution in [3.63, 3.8) is 0 Å². The Bertz CT molecular complexity index is 645. The van der Waals surface area contributed by atoms with E-state index in [2.05, 4.69) is 21.8 Å². The predicted molar refractivity (Wildman–Crippen MR) is 97.3 cm³/mol. The molecule has 0 radical (unpaired) electrons. The Labute approximate surface area is 144 Å². The maximum Gasteiger partial charge on any atom is 0.255 e. The Morgan fingerprint density at radius 3 is 2.54 bits per heavy atom. The summed E-state index contributed by atoms with van der Waals surface area (Å²) in [5.74, 6) is 0.0281. The van der Waals surface area contributed by atoms with Gasteiger partial charge in [-0.2, -0.15) is 0 Å². The van der Waals surface area contributed by atoms with Gasteiger partial charge in [0.15, 0.2) is 0 Å². The molecule has 0 aliphatic heterocycles. The summed E-state index contributed by atoms with van der Waals surface area (Å²) in [5, 5.41) is 0. The first-order chi connectivity index (χ1) is 11.6. The molecule has 2 rings (SSSR count). The minimum absolute atomic E-state index is 0.0281. The lowest BCUT2D eigenvalue weighted by atomic mass is 10.2. The Morgan fingerprint density at radius 2 is 1.83 bits per heavy atom. The van der Waals surface area contributed by atoms with E-state index in [4.69, 9.17) is 0 Å². The number of hydrogen-bond donors (Lipinski definition) is 0. The Balaban J connectivity index is 1.99. The van der Waals surface area contributed by atoms with Gasteiger partial charge in [-0.15, -0.1) is 0 Å². The molecule has 5 nitrogen and oxygen atoms in total. The quantitative estimate of drug-likeness (QED) is 0.748. The molecule has 0 aliphatic rings. The summed E-state index contributed by atoms with van der Waals surface area (Å²) in [5.41, 5.74) is 2.84. The zero-order valence-corrected chi connectivity index (χ0v) is 14.8. The minimum Gasteiger partial charge on any atom is -0.373 e. The van der Waals surface area contributed by atoms with Crippen LogP contribution in [0.1, 0.15) is 35.7 Å². The molecular formula is C19H26N4O. The summed E-state index contributed by atoms with van der Waals surface area (Å²) in [7, 11) is 3.87. The maximum absolute atomic E-state index is 12.5. The predicted octanol–water partition coefficient (Wildman–Crippen LogP) is 3.03. The molecule has 0 atom stereocenters. The van der Waals surface area contributed by atoms with Gasteiger partial charge in [0.25, 0.3) is 5.91 Å². The van der Waals surface area contributed by atoms with Crippen molar-refractivity contribution >= 4 is 11.6 Å². The second-order valence-corrected chi connectivity index (χ2v) is 6.04. The highest BCUT2D eigenvalue weighted by molar-refractivity contribution is 5.94. The van der Waals surface area contributed by atoms with E-state index in [1.165, 1.54) is 5.56 Å². The second-order valence-electron chi connectivity index (χ2n) is 6.04. The third-order valence-corrected chi connectivity index (χ3v) is 4.09. The van der Waals surface area contributed by atoms with Gasteiger partial charge in [-0.1, -0.05) is 13.3 Å². The number of anilines is 1. The molecule has 0 aliphatic carbocycles. The molecule has 0 unspecified atom stereocenters. The summed E-state index contributed by atoms with van der Waals surface area (Å²) in [4.78, 5) is 24.6. The molecule has 0 fully saturated rings. The fourth-order valence-corrected chi connectivity index (χ4v) is 2.45. The van der Waals surface area contributed by atoms with Crippen LogP contribution >= 0.6 is 0 Å². The first-order valence-electron chi connectivity index (χ1n) is 8.42. The van der Waals surface area contributed by atoms with Gasteiger partial charge in [0.1, 0.15) is 0 Å². The highest BCUT2D eigenvalue weighted by Crippen LogP contribution is 2.15. The number of likely N-dealkylation sites (N-methyl/N-ethyl adjacent to an activating group) is 1. The smallest absolute Gasteiger partial charge is 0.255 e. The molecule has 2 heterocycles. The van der Waals surface area contributed by atoms with E-state index < -0.39 is 0 Å². The maximum atomic E-state index is 12.5. The molecule has 1 amide bonds. The van der Waals surface area contributed by atoms with Gasteiger partial charge in [-0.05, 0) is 36.6 Å². The monoisotopic (exact) mass is 326 g/mol. The normalized spacial score (nSPS) is 10.5. The molecule has 0 aromatic carbocycles. The largest absolute Gasteiger partial charge is 0.373 e. The van der Waals surface area contributed by atoms with E-state index >= 15 is 0 Å². The van der Waals surface area contributed by atoms with Crippen molar-refractivity contribution in [3.8, 4) is 0 Å². The van der Waals surface area contributed by atoms with Crippen LogP contribution in [0.2, 0.25) is 0 Å². The number of pyridine rings is 2. The van der Waals surface area contributed by atoms with Crippen molar-refractivity contribution in [2.45, 2.75) is 26.2 Å². The van der Waals surface area contributed by atoms with Crippen molar-refractivity contribution in [2.24, 2.45) is 0 Å². The molecule has 0 saturated carbocycles. The van der Waals surface area contributed by atoms with E-state index in [9.17, 15) is 4.79 Å². The Kier molecular flexibility index (Phi) is 6.73. The summed E-state index contributed by atoms with van der Waals surface area (Å²) >= 11 is 0. The Hall–Kier alpha value is -2.43. The van der Waals surface area contributed by atoms with Gasteiger partial charge in [0.05, 0.1) is 17.4 Å². The Morgan fingerprint density at radius 1 is 1.08 bits per heavy atom. The van der Waals surface area contributed by atoms with E-state index in [-0.39, 0.29) is 5.91 Å². The van der Waals surface area contributed by atoms with Crippen LogP contribution in [-0.2, 0) is 6.42 Å². The van der Waals surface area contributed by atoms with Crippen LogP contribution < -0.4 is 4.90 Å². The zero-order valence-electron chi connectivity index (χ0n) is 14.8. The van der Waals surface area contributed by atoms with Crippen molar-refractivity contribution < 1.29 is 4.79 Å². The van der Waals surface area contributed by atoms with E-state index in [0.717, 1.165) is 38.0 Å². The van der Waals surface area contributed by atoms with Crippen LogP contribution in [0.4, 0.5) is 5.69 Å². The zero-order chi connectivity index (χ0) is 17.4. The molecular weight excluding hydrogens is 300 g/mol. The van der Waals surface area contributed by atoms with Crippen LogP contribution in [-0.4, -0.2) is 48.0 Å². The summed E-state index contributed by atoms with van der Waals surface area (Å²) in [6.07, 6.45) is 10.1. The van der Waals surface area contributed by atoms with Crippen LogP contribution in [0.15, 0.2) is 43.0 Å². The molecule has 0 spiro atoms. The van der Waals surface area contributed by atoms with E-state index in [1.807, 2.05) is 44.7 Å². The molecule has 5 heteroatoms. The van der Waals surface area contributed by atoms with E-state index in [0.29, 0.717) is 5.56 Å². The second kappa shape index (κ2) is 9.01. The summed E-state index contributed by atoms with van der Waals surface area (Å²) in [6, 6.07) is 5.97. The van der Waals surface area contributed by atoms with Gasteiger partial charge in [0, 0.05) is 45.8 Å². The van der Waals surface area contributed by atoms with Crippen LogP contribution in [0.5, 0.6) is 0 Å². The fourth-order valence-electron chi connectivity index (χ4n) is 2.45. The van der Waals surface area contributed by atoms with Crippen molar-refractivity contribution in [3.05, 3.63) is 54.1 Å². The third-order valence-electron chi connectivity index (χ3n) is 4.09. The molecule has 0 N–H and O–H groups in total. The van der Waals surface area contributed by atoms with Crippen LogP contribution in [0, 0.1) is 0 Å². The molecule has 2 aromatic heterocycles. The number of hydrogen-bond acceptors (Lipinski definition) is 4. The van der Waals surface area contributed by atoms with Crippen LogP contribution in [0.3, 0.4) is 0 Å². The first kappa shape index (κ1) is 17.9. The number of nitrogens with zero attached hydrogens (tertiary/aromatic N) is 4. The van der Waals surface area contributed by atoms with Gasteiger partial charge < -0.3 is 9.80 Å². The third kappa shape index (κ3) is 5.05. The number of carbonyl (C=O) groups is 1. The topological polar surface area (TPSA) is 49.3 Å². The molecule has 0 bridgehead atoms. The van der Waals surface area contributed by atoms with E-state index in [1.54, 1.807) is 17.3 Å². The molecule has 24 heavy (non-hydrogen) atoms. The van der Waals surface area contributed by atoms with Gasteiger partial charge in [-0.25, -0.2) is 0 Å². The minimum atomic E-state index is 0.0281. The number of unbranched alkanes of at least 4 members (excludes halogenated alkanes) is 1. The summed E-state index contributed by atoms with van der Waals surface area (Å²) < 4.78 is 0. The highest BCUT2D eigenvalue weighted by atomic mass is 16.2. The number of aromatic nitrogens is 2. The first-order valence-corrected chi connectivity index (χ1v) is 8.42.